The SMILES string of the molecule is CC/C=C\C/C=C\C/C=C\C/C=C\CCCCCCCCCCCOCC(COP(=O)(O)OC1C(O)C(O)C(O)C(O)C1O)OC(=O)CCCCCCCCCC/C=C\C/C=C\C/C=C\C/C=C\CC. The lowest BCUT2D eigenvalue weighted by Gasteiger charge is -2.41. The number of rotatable bonds is 45. The lowest BCUT2D eigenvalue weighted by molar-refractivity contribution is -0.220. The average Bonchev–Trinajstić information content (AvgIpc) is 3.35. The van der Waals surface area contributed by atoms with Gasteiger partial charge in [-0.05, 0) is 89.9 Å². The maximum atomic E-state index is 12.9. The number of carbonyl (C=O) groups excluding carboxylic acids is 1. The van der Waals surface area contributed by atoms with Crippen molar-refractivity contribution in [3.63, 3.8) is 0 Å². The number of hydrogen-bond donors (Lipinski definition) is 6. The molecule has 13 heteroatoms. The third-order valence-corrected chi connectivity index (χ3v) is 12.9. The molecule has 1 rings (SSSR count). The lowest BCUT2D eigenvalue weighted by atomic mass is 9.85. The van der Waals surface area contributed by atoms with Gasteiger partial charge in [0.05, 0.1) is 13.2 Å². The summed E-state index contributed by atoms with van der Waals surface area (Å²) in [5.41, 5.74) is 0. The third kappa shape index (κ3) is 37.1. The van der Waals surface area contributed by atoms with E-state index in [0.717, 1.165) is 116 Å². The van der Waals surface area contributed by atoms with Gasteiger partial charge in [-0.3, -0.25) is 13.8 Å². The minimum atomic E-state index is -5.04. The highest BCUT2D eigenvalue weighted by Gasteiger charge is 2.51. The first-order valence-corrected chi connectivity index (χ1v) is 28.6. The summed E-state index contributed by atoms with van der Waals surface area (Å²) in [5.74, 6) is -0.491. The van der Waals surface area contributed by atoms with Crippen molar-refractivity contribution in [1.29, 1.82) is 0 Å². The van der Waals surface area contributed by atoms with Crippen molar-refractivity contribution in [2.45, 2.75) is 236 Å². The monoisotopic (exact) mass is 1000 g/mol. The first-order valence-electron chi connectivity index (χ1n) is 27.1. The van der Waals surface area contributed by atoms with E-state index in [4.69, 9.17) is 18.5 Å². The van der Waals surface area contributed by atoms with Gasteiger partial charge >= 0.3 is 13.8 Å². The van der Waals surface area contributed by atoms with E-state index in [1.807, 2.05) is 0 Å². The number of hydrogen-bond acceptors (Lipinski definition) is 11. The van der Waals surface area contributed by atoms with Gasteiger partial charge in [0, 0.05) is 13.0 Å². The Morgan fingerprint density at radius 1 is 0.457 bits per heavy atom. The van der Waals surface area contributed by atoms with E-state index in [-0.39, 0.29) is 13.0 Å². The third-order valence-electron chi connectivity index (χ3n) is 12.0. The molecular formula is C57H97O12P. The van der Waals surface area contributed by atoms with E-state index in [2.05, 4.69) is 111 Å². The molecule has 70 heavy (non-hydrogen) atoms. The summed E-state index contributed by atoms with van der Waals surface area (Å²) < 4.78 is 34.4. The van der Waals surface area contributed by atoms with Crippen LogP contribution >= 0.6 is 7.82 Å². The maximum absolute atomic E-state index is 12.9. The van der Waals surface area contributed by atoms with Crippen LogP contribution in [0.2, 0.25) is 0 Å². The Hall–Kier alpha value is -2.74. The normalized spacial score (nSPS) is 21.7. The molecule has 1 aliphatic rings. The molecule has 12 nitrogen and oxygen atoms in total. The Kier molecular flexibility index (Phi) is 43.0. The molecule has 0 heterocycles. The second-order valence-corrected chi connectivity index (χ2v) is 19.7. The zero-order valence-corrected chi connectivity index (χ0v) is 44.2. The summed E-state index contributed by atoms with van der Waals surface area (Å²) >= 11 is 0. The van der Waals surface area contributed by atoms with Gasteiger partial charge in [0.15, 0.2) is 0 Å². The molecule has 0 aromatic carbocycles. The summed E-state index contributed by atoms with van der Waals surface area (Å²) in [6.07, 6.45) is 51.8. The minimum Gasteiger partial charge on any atom is -0.457 e. The van der Waals surface area contributed by atoms with E-state index in [1.165, 1.54) is 51.4 Å². The zero-order valence-electron chi connectivity index (χ0n) is 43.3. The predicted octanol–water partition coefficient (Wildman–Crippen LogP) is 12.6. The fraction of sp³-hybridized carbons (Fsp3) is 0.702. The topological polar surface area (TPSA) is 192 Å². The Morgan fingerprint density at radius 2 is 0.800 bits per heavy atom. The van der Waals surface area contributed by atoms with Crippen molar-refractivity contribution >= 4 is 13.8 Å². The molecule has 0 amide bonds. The molecule has 1 aliphatic carbocycles. The lowest BCUT2D eigenvalue weighted by Crippen LogP contribution is -2.64. The molecule has 6 unspecified atom stereocenters. The number of allylic oxidation sites excluding steroid dienone is 16. The molecule has 6 N–H and O–H groups in total. The van der Waals surface area contributed by atoms with Crippen molar-refractivity contribution in [1.82, 2.24) is 0 Å². The van der Waals surface area contributed by atoms with Crippen LogP contribution in [-0.2, 0) is 27.9 Å². The zero-order chi connectivity index (χ0) is 51.2. The van der Waals surface area contributed by atoms with E-state index in [9.17, 15) is 39.8 Å². The summed E-state index contributed by atoms with van der Waals surface area (Å²) in [6, 6.07) is 0. The molecule has 1 fully saturated rings. The molecule has 0 radical (unpaired) electrons. The van der Waals surface area contributed by atoms with Crippen LogP contribution in [0.3, 0.4) is 0 Å². The van der Waals surface area contributed by atoms with Gasteiger partial charge in [-0.25, -0.2) is 4.57 Å². The molecule has 0 spiro atoms. The fourth-order valence-electron chi connectivity index (χ4n) is 7.75. The largest absolute Gasteiger partial charge is 0.472 e. The van der Waals surface area contributed by atoms with Crippen molar-refractivity contribution < 1.29 is 58.3 Å². The van der Waals surface area contributed by atoms with Crippen LogP contribution in [0, 0.1) is 0 Å². The fourth-order valence-corrected chi connectivity index (χ4v) is 8.72. The van der Waals surface area contributed by atoms with Gasteiger partial charge in [0.1, 0.15) is 42.7 Å². The Balaban J connectivity index is 2.33. The predicted molar refractivity (Wildman–Crippen MR) is 285 cm³/mol. The number of esters is 1. The molecule has 402 valence electrons. The van der Waals surface area contributed by atoms with Crippen LogP contribution in [0.4, 0.5) is 0 Å². The number of phosphoric acid groups is 1. The molecule has 6 atom stereocenters. The molecule has 0 aromatic heterocycles. The number of ether oxygens (including phenoxy) is 2. The highest BCUT2D eigenvalue weighted by atomic mass is 31.2. The van der Waals surface area contributed by atoms with E-state index >= 15 is 0 Å². The quantitative estimate of drug-likeness (QED) is 0.0147. The second-order valence-electron chi connectivity index (χ2n) is 18.3. The summed E-state index contributed by atoms with van der Waals surface area (Å²) in [6.45, 7) is 4.02. The highest BCUT2D eigenvalue weighted by molar-refractivity contribution is 7.47. The highest BCUT2D eigenvalue weighted by Crippen LogP contribution is 2.47. The van der Waals surface area contributed by atoms with Crippen molar-refractivity contribution in [3.05, 3.63) is 97.2 Å². The van der Waals surface area contributed by atoms with E-state index < -0.39 is 63.1 Å². The molecule has 1 saturated carbocycles. The van der Waals surface area contributed by atoms with Gasteiger partial charge < -0.3 is 39.9 Å². The molecule has 0 saturated heterocycles. The van der Waals surface area contributed by atoms with Gasteiger partial charge in [-0.1, -0.05) is 195 Å². The van der Waals surface area contributed by atoms with Crippen LogP contribution in [0.15, 0.2) is 97.2 Å². The van der Waals surface area contributed by atoms with Crippen molar-refractivity contribution in [3.8, 4) is 0 Å². The Labute approximate surface area is 424 Å². The first kappa shape index (κ1) is 65.3. The van der Waals surface area contributed by atoms with Crippen LogP contribution in [-0.4, -0.2) is 98.9 Å². The second kappa shape index (κ2) is 46.1. The van der Waals surface area contributed by atoms with Crippen molar-refractivity contribution in [2.24, 2.45) is 0 Å². The number of carbonyl (C=O) groups is 1. The first-order chi connectivity index (χ1) is 34.0. The molecule has 0 aromatic rings. The summed E-state index contributed by atoms with van der Waals surface area (Å²) in [5, 5.41) is 50.4. The standard InChI is InChI=1S/C57H97O12P/c1-3-5-7-9-11-13-15-17-19-21-23-25-27-29-31-33-35-37-39-41-43-45-47-66-48-50(49-67-70(64,65)69-57-55(62)53(60)52(59)54(61)56(57)63)68-51(58)46-44-42-40-38-36-34-32-30-28-26-24-22-20-18-16-14-12-10-8-6-4-2/h5-8,11-14,17-20,23-26,50,52-57,59-63H,3-4,9-10,15-16,21-22,27-49H2,1-2H3,(H,64,65)/b7-5-,8-6-,13-11-,14-12-,19-17-,20-18-,25-23-,26-24-. The van der Waals surface area contributed by atoms with Crippen LogP contribution < -0.4 is 0 Å². The van der Waals surface area contributed by atoms with E-state index in [1.54, 1.807) is 0 Å². The molecule has 0 bridgehead atoms. The van der Waals surface area contributed by atoms with Gasteiger partial charge in [-0.2, -0.15) is 0 Å². The molecule has 0 aliphatic heterocycles. The average molecular weight is 1010 g/mol. The van der Waals surface area contributed by atoms with Crippen LogP contribution in [0.5, 0.6) is 0 Å². The van der Waals surface area contributed by atoms with Gasteiger partial charge in [0.2, 0.25) is 0 Å². The number of aliphatic hydroxyl groups is 5. The Bertz CT molecular complexity index is 1520. The van der Waals surface area contributed by atoms with E-state index in [0.29, 0.717) is 13.0 Å². The number of phosphoric ester groups is 1. The number of aliphatic hydroxyl groups excluding tert-OH is 5. The van der Waals surface area contributed by atoms with Crippen LogP contribution in [0.25, 0.3) is 0 Å². The smallest absolute Gasteiger partial charge is 0.457 e. The maximum Gasteiger partial charge on any atom is 0.472 e. The summed E-state index contributed by atoms with van der Waals surface area (Å²) in [7, 11) is -5.04. The summed E-state index contributed by atoms with van der Waals surface area (Å²) in [4.78, 5) is 23.3. The van der Waals surface area contributed by atoms with Crippen LogP contribution in [0.1, 0.15) is 194 Å². The van der Waals surface area contributed by atoms with Crippen molar-refractivity contribution in [2.75, 3.05) is 19.8 Å². The Morgan fingerprint density at radius 3 is 1.21 bits per heavy atom. The minimum absolute atomic E-state index is 0.0900. The number of unbranched alkanes of at least 4 members (excludes halogenated alkanes) is 17. The van der Waals surface area contributed by atoms with Gasteiger partial charge in [0.25, 0.3) is 0 Å². The molecular weight excluding hydrogens is 908 g/mol. The van der Waals surface area contributed by atoms with Gasteiger partial charge in [-0.15, -0.1) is 0 Å².